The zero-order chi connectivity index (χ0) is 31.5. The summed E-state index contributed by atoms with van der Waals surface area (Å²) in [6, 6.07) is 35.9. The Hall–Kier alpha value is -3.53. The number of hydrogen-bond acceptors (Lipinski definition) is 3. The fourth-order valence-corrected chi connectivity index (χ4v) is 8.75. The molecule has 0 amide bonds. The van der Waals surface area contributed by atoms with Crippen LogP contribution in [0.2, 0.25) is 0 Å². The van der Waals surface area contributed by atoms with Crippen LogP contribution >= 0.6 is 0 Å². The van der Waals surface area contributed by atoms with E-state index in [2.05, 4.69) is 102 Å². The number of carbonyl (C=O) groups excluding carboxylic acids is 1. The van der Waals surface area contributed by atoms with Gasteiger partial charge < -0.3 is 5.11 Å². The molecule has 46 heavy (non-hydrogen) atoms. The Morgan fingerprint density at radius 2 is 1.50 bits per heavy atom. The molecule has 0 spiro atoms. The molecule has 237 valence electrons. The van der Waals surface area contributed by atoms with Crippen molar-refractivity contribution in [1.29, 1.82) is 0 Å². The molecule has 0 saturated heterocycles. The van der Waals surface area contributed by atoms with E-state index < -0.39 is 0 Å². The van der Waals surface area contributed by atoms with Gasteiger partial charge in [0, 0.05) is 38.0 Å². The number of aromatic nitrogens is 2. The summed E-state index contributed by atoms with van der Waals surface area (Å²) in [7, 11) is 0. The summed E-state index contributed by atoms with van der Waals surface area (Å²) < 4.78 is 5.13. The molecular weight excluding hydrogens is 812 g/mol. The molecule has 0 atom stereocenters. The van der Waals surface area contributed by atoms with Gasteiger partial charge in [0.1, 0.15) is 0 Å². The molecule has 0 fully saturated rings. The molecule has 1 radical (unpaired) electrons. The summed E-state index contributed by atoms with van der Waals surface area (Å²) in [5, 5.41) is 14.7. The van der Waals surface area contributed by atoms with Gasteiger partial charge in [0.2, 0.25) is 0 Å². The second-order valence-corrected chi connectivity index (χ2v) is 13.8. The fraction of sp³-hybridized carbons (Fsp3) is 0.250. The topological polar surface area (TPSA) is 55.1 Å². The van der Waals surface area contributed by atoms with E-state index in [1.807, 2.05) is 27.7 Å². The van der Waals surface area contributed by atoms with Crippen LogP contribution in [0.25, 0.3) is 57.8 Å². The molecule has 4 aromatic carbocycles. The maximum absolute atomic E-state index is 11.7. The number of ketones is 1. The number of carbonyl (C=O) groups is 1. The van der Waals surface area contributed by atoms with Gasteiger partial charge in [-0.15, -0.1) is 0 Å². The zero-order valence-corrected chi connectivity index (χ0v) is 30.8. The van der Waals surface area contributed by atoms with E-state index >= 15 is 0 Å². The SMILES string of the molecule is CCC(CC)C(=O)/C=C(\O)C(CC)CC.[Ir].[c-]1ccc2c3c1c1nc4ccccc4cc1[se]c1cccc(c13)n2-c1ccccc1. The third-order valence-corrected chi connectivity index (χ3v) is 11.2. The molecule has 0 bridgehead atoms. The van der Waals surface area contributed by atoms with Crippen molar-refractivity contribution < 1.29 is 30.0 Å². The second kappa shape index (κ2) is 14.9. The molecule has 7 aromatic rings. The number of allylic oxidation sites excluding steroid dienone is 2. The molecule has 1 N–H and O–H groups in total. The predicted molar refractivity (Wildman–Crippen MR) is 191 cm³/mol. The van der Waals surface area contributed by atoms with E-state index in [4.69, 9.17) is 4.98 Å². The fourth-order valence-electron chi connectivity index (χ4n) is 6.39. The summed E-state index contributed by atoms with van der Waals surface area (Å²) in [5.74, 6) is 0.547. The van der Waals surface area contributed by atoms with E-state index in [1.165, 1.54) is 47.5 Å². The van der Waals surface area contributed by atoms with Crippen LogP contribution in [-0.4, -0.2) is 34.9 Å². The van der Waals surface area contributed by atoms with Crippen LogP contribution in [0, 0.1) is 17.9 Å². The third kappa shape index (κ3) is 6.37. The number of nitrogens with zero attached hydrogens (tertiary/aromatic N) is 2. The number of benzene rings is 4. The van der Waals surface area contributed by atoms with Crippen LogP contribution in [0.3, 0.4) is 0 Å². The number of para-hydroxylation sites is 2. The molecule has 0 unspecified atom stereocenters. The van der Waals surface area contributed by atoms with Gasteiger partial charge in [-0.1, -0.05) is 27.7 Å². The predicted octanol–water partition coefficient (Wildman–Crippen LogP) is 10.4. The molecule has 6 heteroatoms. The van der Waals surface area contributed by atoms with Crippen LogP contribution < -0.4 is 0 Å². The Labute approximate surface area is 290 Å². The maximum atomic E-state index is 11.7. The first-order valence-corrected chi connectivity index (χ1v) is 17.8. The quantitative estimate of drug-likeness (QED) is 0.0717. The second-order valence-electron chi connectivity index (χ2n) is 11.6. The van der Waals surface area contributed by atoms with Gasteiger partial charge in [-0.3, -0.25) is 4.79 Å². The molecule has 0 aliphatic carbocycles. The van der Waals surface area contributed by atoms with Gasteiger partial charge in [-0.05, 0) is 25.7 Å². The molecule has 0 saturated carbocycles. The van der Waals surface area contributed by atoms with E-state index in [-0.39, 0.29) is 58.0 Å². The number of aliphatic hydroxyl groups excluding tert-OH is 1. The van der Waals surface area contributed by atoms with E-state index in [0.717, 1.165) is 42.1 Å². The molecule has 0 aliphatic rings. The van der Waals surface area contributed by atoms with Crippen molar-refractivity contribution in [1.82, 2.24) is 9.55 Å². The van der Waals surface area contributed by atoms with Crippen LogP contribution in [0.1, 0.15) is 53.4 Å². The van der Waals surface area contributed by atoms with Crippen LogP contribution in [-0.2, 0) is 24.9 Å². The Morgan fingerprint density at radius 3 is 2.22 bits per heavy atom. The minimum atomic E-state index is 0. The average molecular weight is 851 g/mol. The summed E-state index contributed by atoms with van der Waals surface area (Å²) in [6.45, 7) is 8.07. The summed E-state index contributed by atoms with van der Waals surface area (Å²) in [6.07, 6.45) is 4.91. The standard InChI is InChI=1S/C27H15N2Se.C13H24O2.Ir/c1-2-9-18(10-3-1)29-21-13-6-11-19-25(21)26-22(29)14-7-15-23(26)30-24-16-17-8-4-5-12-20(17)28-27(19)24;1-5-10(6-2)12(14)9-13(15)11(7-3)8-4;/h1-10,12-16H;9-11,14H,5-8H2,1-4H3;/q-1;;/b;12-9-;. The van der Waals surface area contributed by atoms with Crippen molar-refractivity contribution in [3.05, 3.63) is 109 Å². The third-order valence-electron chi connectivity index (χ3n) is 8.95. The number of fused-ring (bicyclic) bond motifs is 3. The molecule has 0 aliphatic heterocycles. The van der Waals surface area contributed by atoms with Crippen molar-refractivity contribution in [2.45, 2.75) is 53.4 Å². The van der Waals surface area contributed by atoms with Gasteiger partial charge in [0.05, 0.1) is 5.76 Å². The van der Waals surface area contributed by atoms with Crippen molar-refractivity contribution in [2.24, 2.45) is 11.8 Å². The summed E-state index contributed by atoms with van der Waals surface area (Å²) in [5.41, 5.74) is 5.79. The first kappa shape index (κ1) is 33.8. The van der Waals surface area contributed by atoms with Crippen molar-refractivity contribution in [3.63, 3.8) is 0 Å². The van der Waals surface area contributed by atoms with Gasteiger partial charge in [-0.25, -0.2) is 0 Å². The Bertz CT molecular complexity index is 2150. The number of pyridine rings is 1. The average Bonchev–Trinajstić information content (AvgIpc) is 3.34. The molecule has 3 heterocycles. The molecule has 7 rings (SSSR count). The summed E-state index contributed by atoms with van der Waals surface area (Å²) >= 11 is 0.175. The normalized spacial score (nSPS) is 11.9. The number of aliphatic hydroxyl groups is 1. The molecule has 3 aromatic heterocycles. The van der Waals surface area contributed by atoms with Crippen molar-refractivity contribution >= 4 is 72.4 Å². The van der Waals surface area contributed by atoms with Gasteiger partial charge in [-0.2, -0.15) is 0 Å². The van der Waals surface area contributed by atoms with Crippen LogP contribution in [0.5, 0.6) is 0 Å². The van der Waals surface area contributed by atoms with E-state index in [9.17, 15) is 9.90 Å². The first-order chi connectivity index (χ1) is 22.0. The zero-order valence-electron chi connectivity index (χ0n) is 26.7. The van der Waals surface area contributed by atoms with Gasteiger partial charge in [0.15, 0.2) is 5.78 Å². The minimum absolute atomic E-state index is 0. The van der Waals surface area contributed by atoms with Crippen LogP contribution in [0.15, 0.2) is 103 Å². The Morgan fingerprint density at radius 1 is 0.826 bits per heavy atom. The van der Waals surface area contributed by atoms with Crippen molar-refractivity contribution in [3.8, 4) is 5.69 Å². The van der Waals surface area contributed by atoms with Crippen LogP contribution in [0.4, 0.5) is 0 Å². The van der Waals surface area contributed by atoms with Gasteiger partial charge >= 0.3 is 179 Å². The Balaban J connectivity index is 0.000000225. The monoisotopic (exact) mass is 852 g/mol. The number of rotatable bonds is 8. The van der Waals surface area contributed by atoms with E-state index in [1.54, 1.807) is 0 Å². The van der Waals surface area contributed by atoms with Crippen molar-refractivity contribution in [2.75, 3.05) is 0 Å². The number of hydrogen-bond donors (Lipinski definition) is 1. The molecule has 4 nitrogen and oxygen atoms in total. The Kier molecular flexibility index (Phi) is 11.0. The first-order valence-electron chi connectivity index (χ1n) is 16.0. The van der Waals surface area contributed by atoms with E-state index in [0.29, 0.717) is 0 Å². The molecular formula is C40H39IrN2O2Se-. The van der Waals surface area contributed by atoms with Gasteiger partial charge in [0.25, 0.3) is 0 Å². The summed E-state index contributed by atoms with van der Waals surface area (Å²) in [4.78, 5) is 16.8.